The monoisotopic (exact) mass is 459 g/mol. The third-order valence-corrected chi connectivity index (χ3v) is 7.39. The molecule has 0 aliphatic carbocycles. The molecule has 9 heteroatoms. The Balaban J connectivity index is 1.88. The summed E-state index contributed by atoms with van der Waals surface area (Å²) in [5.74, 6) is -0.200. The van der Waals surface area contributed by atoms with E-state index in [0.29, 0.717) is 25.4 Å². The van der Waals surface area contributed by atoms with Crippen LogP contribution in [-0.2, 0) is 21.3 Å². The van der Waals surface area contributed by atoms with Crippen LogP contribution in [0.4, 0.5) is 5.69 Å². The number of aromatic nitrogens is 1. The summed E-state index contributed by atoms with van der Waals surface area (Å²) in [6.45, 7) is 5.52. The molecule has 0 fully saturated rings. The number of hydrogen-bond donors (Lipinski definition) is 1. The molecule has 0 saturated heterocycles. The first-order valence-electron chi connectivity index (χ1n) is 10.4. The molecule has 1 aromatic heterocycles. The summed E-state index contributed by atoms with van der Waals surface area (Å²) in [6.07, 6.45) is 1.98. The first kappa shape index (κ1) is 23.8. The molecular formula is C23H29N3O5S. The van der Waals surface area contributed by atoms with Crippen LogP contribution >= 0.6 is 0 Å². The minimum Gasteiger partial charge on any atom is -0.495 e. The summed E-state index contributed by atoms with van der Waals surface area (Å²) in [6, 6.07) is 12.0. The zero-order chi connectivity index (χ0) is 23.3. The number of carbonyl (C=O) groups is 1. The Morgan fingerprint density at radius 1 is 1.06 bits per heavy atom. The van der Waals surface area contributed by atoms with Gasteiger partial charge in [-0.1, -0.05) is 13.8 Å². The summed E-state index contributed by atoms with van der Waals surface area (Å²) in [4.78, 5) is 12.9. The van der Waals surface area contributed by atoms with Gasteiger partial charge in [-0.3, -0.25) is 4.79 Å². The predicted octanol–water partition coefficient (Wildman–Crippen LogP) is 3.58. The fourth-order valence-corrected chi connectivity index (χ4v) is 5.23. The van der Waals surface area contributed by atoms with Gasteiger partial charge in [0.25, 0.3) is 5.91 Å². The Bertz CT molecular complexity index is 1200. The maximum absolute atomic E-state index is 13.0. The quantitative estimate of drug-likeness (QED) is 0.501. The maximum atomic E-state index is 13.0. The van der Waals surface area contributed by atoms with E-state index in [2.05, 4.69) is 9.88 Å². The molecule has 0 saturated carbocycles. The molecule has 0 unspecified atom stereocenters. The Kier molecular flexibility index (Phi) is 7.55. The van der Waals surface area contributed by atoms with Crippen LogP contribution in [0, 0.1) is 0 Å². The molecule has 172 valence electrons. The normalized spacial score (nSPS) is 11.8. The highest BCUT2D eigenvalue weighted by Gasteiger charge is 2.26. The van der Waals surface area contributed by atoms with Crippen molar-refractivity contribution in [2.45, 2.75) is 25.3 Å². The summed E-state index contributed by atoms with van der Waals surface area (Å²) >= 11 is 0. The number of hydrogen-bond acceptors (Lipinski definition) is 5. The third kappa shape index (κ3) is 4.79. The average Bonchev–Trinajstić information content (AvgIpc) is 3.19. The zero-order valence-electron chi connectivity index (χ0n) is 18.8. The number of anilines is 1. The molecule has 0 bridgehead atoms. The van der Waals surface area contributed by atoms with Gasteiger partial charge in [-0.05, 0) is 42.5 Å². The van der Waals surface area contributed by atoms with Crippen molar-refractivity contribution >= 4 is 32.5 Å². The molecule has 3 rings (SSSR count). The van der Waals surface area contributed by atoms with E-state index >= 15 is 0 Å². The van der Waals surface area contributed by atoms with Gasteiger partial charge in [-0.2, -0.15) is 4.31 Å². The number of methoxy groups -OCH3 is 2. The van der Waals surface area contributed by atoms with Crippen LogP contribution in [0.3, 0.4) is 0 Å². The number of fused-ring (bicyclic) bond motifs is 1. The predicted molar refractivity (Wildman–Crippen MR) is 125 cm³/mol. The van der Waals surface area contributed by atoms with Gasteiger partial charge in [0, 0.05) is 55.1 Å². The molecule has 1 N–H and O–H groups in total. The summed E-state index contributed by atoms with van der Waals surface area (Å²) in [5.41, 5.74) is 1.89. The van der Waals surface area contributed by atoms with Crippen LogP contribution in [0.5, 0.6) is 5.75 Å². The van der Waals surface area contributed by atoms with E-state index in [1.54, 1.807) is 27.0 Å². The largest absolute Gasteiger partial charge is 0.495 e. The van der Waals surface area contributed by atoms with Crippen molar-refractivity contribution in [3.8, 4) is 5.75 Å². The molecule has 0 atom stereocenters. The van der Waals surface area contributed by atoms with Crippen LogP contribution in [0.2, 0.25) is 0 Å². The second-order valence-corrected chi connectivity index (χ2v) is 9.09. The number of benzene rings is 2. The smallest absolute Gasteiger partial charge is 0.255 e. The lowest BCUT2D eigenvalue weighted by Gasteiger charge is -2.20. The van der Waals surface area contributed by atoms with Gasteiger partial charge in [-0.25, -0.2) is 8.42 Å². The minimum absolute atomic E-state index is 0.0259. The number of ether oxygens (including phenoxy) is 2. The van der Waals surface area contributed by atoms with Crippen molar-refractivity contribution in [3.05, 3.63) is 54.2 Å². The molecule has 0 radical (unpaired) electrons. The van der Waals surface area contributed by atoms with Crippen molar-refractivity contribution in [2.24, 2.45) is 0 Å². The van der Waals surface area contributed by atoms with Gasteiger partial charge in [0.05, 0.1) is 13.7 Å². The molecule has 2 aromatic carbocycles. The average molecular weight is 460 g/mol. The summed E-state index contributed by atoms with van der Waals surface area (Å²) in [5, 5.41) is 3.84. The van der Waals surface area contributed by atoms with Gasteiger partial charge in [0.1, 0.15) is 10.6 Å². The molecule has 0 aliphatic rings. The van der Waals surface area contributed by atoms with E-state index in [4.69, 9.17) is 9.47 Å². The highest BCUT2D eigenvalue weighted by Crippen LogP contribution is 2.28. The second kappa shape index (κ2) is 10.2. The fraction of sp³-hybridized carbons (Fsp3) is 0.348. The van der Waals surface area contributed by atoms with Crippen molar-refractivity contribution < 1.29 is 22.7 Å². The van der Waals surface area contributed by atoms with Crippen LogP contribution in [0.25, 0.3) is 10.9 Å². The number of nitrogens with zero attached hydrogens (tertiary/aromatic N) is 2. The van der Waals surface area contributed by atoms with E-state index in [9.17, 15) is 13.2 Å². The molecule has 1 heterocycles. The number of sulfonamides is 1. The molecule has 1 amide bonds. The van der Waals surface area contributed by atoms with Crippen LogP contribution < -0.4 is 10.1 Å². The fourth-order valence-electron chi connectivity index (χ4n) is 3.59. The van der Waals surface area contributed by atoms with Crippen molar-refractivity contribution in [2.75, 3.05) is 39.2 Å². The number of rotatable bonds is 10. The minimum atomic E-state index is -3.79. The Morgan fingerprint density at radius 3 is 2.47 bits per heavy atom. The first-order chi connectivity index (χ1) is 15.3. The van der Waals surface area contributed by atoms with E-state index in [0.717, 1.165) is 17.4 Å². The Morgan fingerprint density at radius 2 is 1.81 bits per heavy atom. The molecule has 3 aromatic rings. The van der Waals surface area contributed by atoms with Crippen molar-refractivity contribution in [3.63, 3.8) is 0 Å². The zero-order valence-corrected chi connectivity index (χ0v) is 19.6. The van der Waals surface area contributed by atoms with Gasteiger partial charge in [0.2, 0.25) is 10.0 Å². The SMILES string of the molecule is CCN(CC)S(=O)(=O)c1cc(C(=O)Nc2ccc3c(ccn3CCOC)c2)ccc1OC. The molecule has 0 spiro atoms. The molecule has 32 heavy (non-hydrogen) atoms. The highest BCUT2D eigenvalue weighted by molar-refractivity contribution is 7.89. The number of carbonyl (C=O) groups excluding carboxylic acids is 1. The summed E-state index contributed by atoms with van der Waals surface area (Å²) in [7, 11) is -0.720. The number of nitrogens with one attached hydrogen (secondary N) is 1. The van der Waals surface area contributed by atoms with Crippen molar-refractivity contribution in [1.82, 2.24) is 8.87 Å². The van der Waals surface area contributed by atoms with Gasteiger partial charge in [0.15, 0.2) is 0 Å². The molecule has 0 aliphatic heterocycles. The second-order valence-electron chi connectivity index (χ2n) is 7.18. The van der Waals surface area contributed by atoms with Crippen LogP contribution in [0.1, 0.15) is 24.2 Å². The van der Waals surface area contributed by atoms with E-state index < -0.39 is 15.9 Å². The maximum Gasteiger partial charge on any atom is 0.255 e. The molecular weight excluding hydrogens is 430 g/mol. The van der Waals surface area contributed by atoms with Crippen LogP contribution in [0.15, 0.2) is 53.6 Å². The Hall–Kier alpha value is -2.88. The van der Waals surface area contributed by atoms with Gasteiger partial charge >= 0.3 is 0 Å². The van der Waals surface area contributed by atoms with E-state index in [-0.39, 0.29) is 16.2 Å². The van der Waals surface area contributed by atoms with E-state index in [1.807, 2.05) is 30.5 Å². The van der Waals surface area contributed by atoms with Gasteiger partial charge in [-0.15, -0.1) is 0 Å². The molecule has 8 nitrogen and oxygen atoms in total. The highest BCUT2D eigenvalue weighted by atomic mass is 32.2. The Labute approximate surface area is 188 Å². The lowest BCUT2D eigenvalue weighted by Crippen LogP contribution is -2.31. The van der Waals surface area contributed by atoms with Gasteiger partial charge < -0.3 is 19.4 Å². The van der Waals surface area contributed by atoms with Crippen molar-refractivity contribution in [1.29, 1.82) is 0 Å². The van der Waals surface area contributed by atoms with Crippen LogP contribution in [-0.4, -0.2) is 57.1 Å². The first-order valence-corrected chi connectivity index (χ1v) is 11.9. The summed E-state index contributed by atoms with van der Waals surface area (Å²) < 4.78 is 39.9. The number of amides is 1. The lowest BCUT2D eigenvalue weighted by molar-refractivity contribution is 0.102. The van der Waals surface area contributed by atoms with E-state index in [1.165, 1.54) is 23.5 Å². The lowest BCUT2D eigenvalue weighted by atomic mass is 10.2. The standard InChI is InChI=1S/C23H29N3O5S/c1-5-26(6-2)32(28,29)22-16-18(7-10-21(22)31-4)23(27)24-19-8-9-20-17(15-19)11-12-25(20)13-14-30-3/h7-12,15-16H,5-6,13-14H2,1-4H3,(H,24,27). The third-order valence-electron chi connectivity index (χ3n) is 5.31. The topological polar surface area (TPSA) is 89.9 Å².